The van der Waals surface area contributed by atoms with Gasteiger partial charge in [0, 0.05) is 25.6 Å². The van der Waals surface area contributed by atoms with Crippen LogP contribution in [-0.2, 0) is 4.79 Å². The summed E-state index contributed by atoms with van der Waals surface area (Å²) in [5.74, 6) is 0.946. The van der Waals surface area contributed by atoms with Gasteiger partial charge in [0.15, 0.2) is 0 Å². The molecule has 1 N–H and O–H groups in total. The van der Waals surface area contributed by atoms with Gasteiger partial charge in [-0.15, -0.1) is 0 Å². The molecule has 0 radical (unpaired) electrons. The van der Waals surface area contributed by atoms with Crippen LogP contribution in [0.25, 0.3) is 0 Å². The maximum Gasteiger partial charge on any atom is 0.226 e. The molecule has 2 atom stereocenters. The van der Waals surface area contributed by atoms with Gasteiger partial charge < -0.3 is 10.2 Å². The van der Waals surface area contributed by atoms with Crippen LogP contribution in [0.4, 0.5) is 0 Å². The number of rotatable bonds is 7. The van der Waals surface area contributed by atoms with Gasteiger partial charge in [-0.1, -0.05) is 27.2 Å². The van der Waals surface area contributed by atoms with Crippen molar-refractivity contribution in [2.24, 2.45) is 11.8 Å². The van der Waals surface area contributed by atoms with Crippen LogP contribution in [0, 0.1) is 11.8 Å². The van der Waals surface area contributed by atoms with Gasteiger partial charge in [0.05, 0.1) is 0 Å². The number of carbonyl (C=O) groups excluding carboxylic acids is 1. The average molecular weight is 214 g/mol. The minimum Gasteiger partial charge on any atom is -0.342 e. The van der Waals surface area contributed by atoms with Crippen LogP contribution in [0.1, 0.15) is 34.1 Å². The molecule has 3 nitrogen and oxygen atoms in total. The number of nitrogens with zero attached hydrogens (tertiary/aromatic N) is 1. The number of hydrogen-bond donors (Lipinski definition) is 1. The standard InChI is InChI=1S/C12H26N2O/c1-6-10(3)9-14(7-2)12(15)11(4)8-13-5/h10-11,13H,6-9H2,1-5H3. The molecule has 1 amide bonds. The molecule has 0 spiro atoms. The van der Waals surface area contributed by atoms with E-state index < -0.39 is 0 Å². The molecule has 0 aromatic heterocycles. The van der Waals surface area contributed by atoms with Crippen molar-refractivity contribution in [3.8, 4) is 0 Å². The van der Waals surface area contributed by atoms with Crippen LogP contribution in [0.2, 0.25) is 0 Å². The molecule has 0 heterocycles. The number of hydrogen-bond acceptors (Lipinski definition) is 2. The van der Waals surface area contributed by atoms with Gasteiger partial charge in [-0.25, -0.2) is 0 Å². The van der Waals surface area contributed by atoms with Crippen LogP contribution in [0.15, 0.2) is 0 Å². The van der Waals surface area contributed by atoms with E-state index >= 15 is 0 Å². The van der Waals surface area contributed by atoms with E-state index in [1.165, 1.54) is 0 Å². The third kappa shape index (κ3) is 5.17. The first-order chi connectivity index (χ1) is 7.06. The highest BCUT2D eigenvalue weighted by molar-refractivity contribution is 5.78. The molecule has 0 aliphatic carbocycles. The molecule has 2 unspecified atom stereocenters. The summed E-state index contributed by atoms with van der Waals surface area (Å²) in [5, 5.41) is 3.05. The summed E-state index contributed by atoms with van der Waals surface area (Å²) >= 11 is 0. The summed E-state index contributed by atoms with van der Waals surface area (Å²) in [7, 11) is 1.88. The quantitative estimate of drug-likeness (QED) is 0.700. The SMILES string of the molecule is CCC(C)CN(CC)C(=O)C(C)CNC. The molecule has 0 aromatic rings. The van der Waals surface area contributed by atoms with Gasteiger partial charge in [0.1, 0.15) is 0 Å². The Balaban J connectivity index is 4.20. The lowest BCUT2D eigenvalue weighted by molar-refractivity contribution is -0.135. The van der Waals surface area contributed by atoms with Gasteiger partial charge in [-0.05, 0) is 19.9 Å². The lowest BCUT2D eigenvalue weighted by atomic mass is 10.1. The Kier molecular flexibility index (Phi) is 7.39. The highest BCUT2D eigenvalue weighted by atomic mass is 16.2. The second-order valence-corrected chi connectivity index (χ2v) is 4.35. The van der Waals surface area contributed by atoms with Gasteiger partial charge in [-0.3, -0.25) is 4.79 Å². The van der Waals surface area contributed by atoms with Gasteiger partial charge in [-0.2, -0.15) is 0 Å². The van der Waals surface area contributed by atoms with Crippen molar-refractivity contribution in [2.45, 2.75) is 34.1 Å². The maximum absolute atomic E-state index is 12.0. The average Bonchev–Trinajstić information content (AvgIpc) is 2.24. The first kappa shape index (κ1) is 14.4. The maximum atomic E-state index is 12.0. The fraction of sp³-hybridized carbons (Fsp3) is 0.917. The summed E-state index contributed by atoms with van der Waals surface area (Å²) < 4.78 is 0. The van der Waals surface area contributed by atoms with E-state index in [-0.39, 0.29) is 11.8 Å². The first-order valence-corrected chi connectivity index (χ1v) is 6.00. The largest absolute Gasteiger partial charge is 0.342 e. The van der Waals surface area contributed by atoms with E-state index in [0.29, 0.717) is 5.92 Å². The van der Waals surface area contributed by atoms with E-state index in [1.807, 2.05) is 25.8 Å². The molecule has 90 valence electrons. The molecule has 0 saturated heterocycles. The Labute approximate surface area is 94.2 Å². The smallest absolute Gasteiger partial charge is 0.226 e. The van der Waals surface area contributed by atoms with Crippen molar-refractivity contribution in [2.75, 3.05) is 26.7 Å². The molecule has 0 bridgehead atoms. The number of nitrogens with one attached hydrogen (secondary N) is 1. The molecule has 0 aliphatic heterocycles. The lowest BCUT2D eigenvalue weighted by Gasteiger charge is -2.26. The predicted octanol–water partition coefficient (Wildman–Crippen LogP) is 1.74. The Hall–Kier alpha value is -0.570. The van der Waals surface area contributed by atoms with Crippen LogP contribution in [-0.4, -0.2) is 37.5 Å². The zero-order valence-corrected chi connectivity index (χ0v) is 10.8. The molecule has 0 aromatic carbocycles. The van der Waals surface area contributed by atoms with E-state index in [2.05, 4.69) is 19.2 Å². The van der Waals surface area contributed by atoms with Gasteiger partial charge in [0.25, 0.3) is 0 Å². The Morgan fingerprint density at radius 2 is 1.93 bits per heavy atom. The second-order valence-electron chi connectivity index (χ2n) is 4.35. The van der Waals surface area contributed by atoms with Crippen molar-refractivity contribution < 1.29 is 4.79 Å². The van der Waals surface area contributed by atoms with Crippen molar-refractivity contribution in [3.63, 3.8) is 0 Å². The number of carbonyl (C=O) groups is 1. The normalized spacial score (nSPS) is 14.7. The molecule has 0 fully saturated rings. The minimum atomic E-state index is 0.0824. The summed E-state index contributed by atoms with van der Waals surface area (Å²) in [6, 6.07) is 0. The monoisotopic (exact) mass is 214 g/mol. The third-order valence-corrected chi connectivity index (χ3v) is 2.85. The fourth-order valence-corrected chi connectivity index (χ4v) is 1.59. The van der Waals surface area contributed by atoms with Crippen molar-refractivity contribution in [1.29, 1.82) is 0 Å². The van der Waals surface area contributed by atoms with Crippen molar-refractivity contribution in [3.05, 3.63) is 0 Å². The summed E-state index contributed by atoms with van der Waals surface area (Å²) in [5.41, 5.74) is 0. The number of amides is 1. The Bertz CT molecular complexity index is 182. The summed E-state index contributed by atoms with van der Waals surface area (Å²) in [4.78, 5) is 14.0. The van der Waals surface area contributed by atoms with E-state index in [1.54, 1.807) is 0 Å². The fourth-order valence-electron chi connectivity index (χ4n) is 1.59. The van der Waals surface area contributed by atoms with Crippen LogP contribution >= 0.6 is 0 Å². The van der Waals surface area contributed by atoms with Crippen LogP contribution in [0.5, 0.6) is 0 Å². The Morgan fingerprint density at radius 1 is 1.33 bits per heavy atom. The highest BCUT2D eigenvalue weighted by Crippen LogP contribution is 2.08. The predicted molar refractivity (Wildman–Crippen MR) is 64.8 cm³/mol. The summed E-state index contributed by atoms with van der Waals surface area (Å²) in [6.07, 6.45) is 1.13. The van der Waals surface area contributed by atoms with Crippen LogP contribution < -0.4 is 5.32 Å². The molecule has 0 saturated carbocycles. The molecular weight excluding hydrogens is 188 g/mol. The van der Waals surface area contributed by atoms with Crippen molar-refractivity contribution in [1.82, 2.24) is 10.2 Å². The highest BCUT2D eigenvalue weighted by Gasteiger charge is 2.19. The zero-order valence-electron chi connectivity index (χ0n) is 10.8. The molecule has 15 heavy (non-hydrogen) atoms. The van der Waals surface area contributed by atoms with Crippen molar-refractivity contribution >= 4 is 5.91 Å². The molecular formula is C12H26N2O. The van der Waals surface area contributed by atoms with Gasteiger partial charge in [0.2, 0.25) is 5.91 Å². The minimum absolute atomic E-state index is 0.0824. The summed E-state index contributed by atoms with van der Waals surface area (Å²) in [6.45, 7) is 10.9. The molecule has 0 aliphatic rings. The van der Waals surface area contributed by atoms with E-state index in [0.717, 1.165) is 26.1 Å². The van der Waals surface area contributed by atoms with Gasteiger partial charge >= 0.3 is 0 Å². The van der Waals surface area contributed by atoms with E-state index in [4.69, 9.17) is 0 Å². The second kappa shape index (κ2) is 7.69. The third-order valence-electron chi connectivity index (χ3n) is 2.85. The Morgan fingerprint density at radius 3 is 2.33 bits per heavy atom. The molecule has 3 heteroatoms. The van der Waals surface area contributed by atoms with E-state index in [9.17, 15) is 4.79 Å². The first-order valence-electron chi connectivity index (χ1n) is 6.00. The lowest BCUT2D eigenvalue weighted by Crippen LogP contribution is -2.40. The zero-order chi connectivity index (χ0) is 11.8. The molecule has 0 rings (SSSR count). The topological polar surface area (TPSA) is 32.3 Å². The van der Waals surface area contributed by atoms with Crippen LogP contribution in [0.3, 0.4) is 0 Å².